The largest absolute Gasteiger partial charge is 0.381 e. The van der Waals surface area contributed by atoms with Crippen molar-refractivity contribution in [3.05, 3.63) is 32.8 Å². The molecule has 20 heavy (non-hydrogen) atoms. The maximum absolute atomic E-state index is 10.7. The zero-order valence-electron chi connectivity index (χ0n) is 12.1. The van der Waals surface area contributed by atoms with Crippen LogP contribution in [-0.2, 0) is 0 Å². The number of hydrogen-bond acceptors (Lipinski definition) is 3. The van der Waals surface area contributed by atoms with Crippen LogP contribution in [0, 0.1) is 21.4 Å². The van der Waals surface area contributed by atoms with Crippen molar-refractivity contribution in [2.24, 2.45) is 11.3 Å². The number of non-ortho nitro benzene ring substituents is 1. The summed E-state index contributed by atoms with van der Waals surface area (Å²) >= 11 is 3.42. The van der Waals surface area contributed by atoms with Gasteiger partial charge in [-0.1, -0.05) is 20.8 Å². The van der Waals surface area contributed by atoms with Gasteiger partial charge in [0.05, 0.1) is 4.92 Å². The minimum Gasteiger partial charge on any atom is -0.381 e. The predicted octanol–water partition coefficient (Wildman–Crippen LogP) is 4.98. The maximum Gasteiger partial charge on any atom is 0.270 e. The smallest absolute Gasteiger partial charge is 0.270 e. The number of rotatable bonds is 3. The summed E-state index contributed by atoms with van der Waals surface area (Å²) in [5.74, 6) is 0.598. The van der Waals surface area contributed by atoms with E-state index in [1.54, 1.807) is 18.2 Å². The Hall–Kier alpha value is -1.10. The zero-order valence-corrected chi connectivity index (χ0v) is 13.7. The van der Waals surface area contributed by atoms with Crippen LogP contribution in [-0.4, -0.2) is 11.0 Å². The lowest BCUT2D eigenvalue weighted by Crippen LogP contribution is -2.36. The minimum atomic E-state index is -0.375. The molecule has 0 heterocycles. The van der Waals surface area contributed by atoms with Crippen LogP contribution < -0.4 is 5.32 Å². The van der Waals surface area contributed by atoms with Crippen LogP contribution in [0.2, 0.25) is 0 Å². The molecule has 0 aromatic heterocycles. The van der Waals surface area contributed by atoms with E-state index in [0.717, 1.165) is 16.6 Å². The summed E-state index contributed by atoms with van der Waals surface area (Å²) in [7, 11) is 0. The van der Waals surface area contributed by atoms with E-state index < -0.39 is 0 Å². The molecule has 0 saturated heterocycles. The fourth-order valence-corrected chi connectivity index (χ4v) is 3.58. The van der Waals surface area contributed by atoms with Gasteiger partial charge in [0.25, 0.3) is 5.69 Å². The summed E-state index contributed by atoms with van der Waals surface area (Å²) in [5, 5.41) is 14.3. The first-order valence-electron chi connectivity index (χ1n) is 6.99. The van der Waals surface area contributed by atoms with Crippen LogP contribution in [0.25, 0.3) is 0 Å². The summed E-state index contributed by atoms with van der Waals surface area (Å²) < 4.78 is 0.753. The Morgan fingerprint density at radius 3 is 2.70 bits per heavy atom. The first-order chi connectivity index (χ1) is 9.28. The van der Waals surface area contributed by atoms with Crippen LogP contribution in [0.3, 0.4) is 0 Å². The Morgan fingerprint density at radius 1 is 1.45 bits per heavy atom. The molecule has 0 bridgehead atoms. The molecule has 1 aliphatic rings. The van der Waals surface area contributed by atoms with Crippen molar-refractivity contribution in [2.75, 3.05) is 5.32 Å². The molecule has 2 rings (SSSR count). The van der Waals surface area contributed by atoms with E-state index in [-0.39, 0.29) is 10.6 Å². The number of hydrogen-bond donors (Lipinski definition) is 1. The van der Waals surface area contributed by atoms with Gasteiger partial charge in [-0.05, 0) is 52.6 Å². The van der Waals surface area contributed by atoms with Gasteiger partial charge in [-0.3, -0.25) is 10.1 Å². The summed E-state index contributed by atoms with van der Waals surface area (Å²) in [6, 6.07) is 5.32. The van der Waals surface area contributed by atoms with E-state index in [1.165, 1.54) is 12.8 Å². The minimum absolute atomic E-state index is 0.111. The molecule has 0 spiro atoms. The molecule has 1 saturated carbocycles. The molecule has 1 aromatic rings. The Bertz CT molecular complexity index is 517. The highest BCUT2D eigenvalue weighted by molar-refractivity contribution is 9.10. The summed E-state index contributed by atoms with van der Waals surface area (Å²) in [4.78, 5) is 10.4. The quantitative estimate of drug-likeness (QED) is 0.623. The number of benzene rings is 1. The molecule has 110 valence electrons. The lowest BCUT2D eigenvalue weighted by Gasteiger charge is -2.40. The number of nitrogens with zero attached hydrogens (tertiary/aromatic N) is 1. The van der Waals surface area contributed by atoms with E-state index in [0.29, 0.717) is 17.4 Å². The highest BCUT2D eigenvalue weighted by Crippen LogP contribution is 2.40. The standard InChI is InChI=1S/C15H21BrN2O2/c1-10-9-15(2,3)7-6-13(10)17-14-5-4-11(18(19)20)8-12(14)16/h4-5,8,10,13,17H,6-7,9H2,1-3H3. The fraction of sp³-hybridized carbons (Fsp3) is 0.600. The van der Waals surface area contributed by atoms with Crippen molar-refractivity contribution < 1.29 is 4.92 Å². The zero-order chi connectivity index (χ0) is 14.9. The third-order valence-electron chi connectivity index (χ3n) is 4.20. The number of halogens is 1. The van der Waals surface area contributed by atoms with Gasteiger partial charge in [0.15, 0.2) is 0 Å². The van der Waals surface area contributed by atoms with Gasteiger partial charge in [0, 0.05) is 28.3 Å². The lowest BCUT2D eigenvalue weighted by atomic mass is 9.70. The molecule has 1 N–H and O–H groups in total. The lowest BCUT2D eigenvalue weighted by molar-refractivity contribution is -0.384. The van der Waals surface area contributed by atoms with Gasteiger partial charge in [-0.15, -0.1) is 0 Å². The van der Waals surface area contributed by atoms with Gasteiger partial charge in [0.2, 0.25) is 0 Å². The molecule has 4 nitrogen and oxygen atoms in total. The van der Waals surface area contributed by atoms with Crippen LogP contribution in [0.4, 0.5) is 11.4 Å². The number of nitrogens with one attached hydrogen (secondary N) is 1. The van der Waals surface area contributed by atoms with Crippen LogP contribution >= 0.6 is 15.9 Å². The van der Waals surface area contributed by atoms with E-state index in [2.05, 4.69) is 42.0 Å². The third-order valence-corrected chi connectivity index (χ3v) is 4.85. The Labute approximate surface area is 128 Å². The second-order valence-electron chi connectivity index (χ2n) is 6.56. The number of anilines is 1. The van der Waals surface area contributed by atoms with Crippen molar-refractivity contribution in [3.63, 3.8) is 0 Å². The van der Waals surface area contributed by atoms with Gasteiger partial charge in [-0.25, -0.2) is 0 Å². The van der Waals surface area contributed by atoms with E-state index >= 15 is 0 Å². The van der Waals surface area contributed by atoms with Crippen molar-refractivity contribution >= 4 is 27.3 Å². The first kappa shape index (κ1) is 15.3. The molecule has 2 unspecified atom stereocenters. The molecule has 5 heteroatoms. The first-order valence-corrected chi connectivity index (χ1v) is 7.78. The average molecular weight is 341 g/mol. The molecular weight excluding hydrogens is 320 g/mol. The van der Waals surface area contributed by atoms with Crippen molar-refractivity contribution in [1.29, 1.82) is 0 Å². The van der Waals surface area contributed by atoms with E-state index in [1.807, 2.05) is 0 Å². The van der Waals surface area contributed by atoms with Crippen molar-refractivity contribution in [1.82, 2.24) is 0 Å². The molecule has 0 aliphatic heterocycles. The van der Waals surface area contributed by atoms with Crippen molar-refractivity contribution in [3.8, 4) is 0 Å². The Kier molecular flexibility index (Phi) is 4.37. The van der Waals surface area contributed by atoms with Crippen LogP contribution in [0.5, 0.6) is 0 Å². The van der Waals surface area contributed by atoms with E-state index in [9.17, 15) is 10.1 Å². The Balaban J connectivity index is 2.09. The van der Waals surface area contributed by atoms with Crippen LogP contribution in [0.15, 0.2) is 22.7 Å². The van der Waals surface area contributed by atoms with Gasteiger partial charge < -0.3 is 5.32 Å². The second-order valence-corrected chi connectivity index (χ2v) is 7.41. The average Bonchev–Trinajstić information content (AvgIpc) is 2.33. The topological polar surface area (TPSA) is 55.2 Å². The normalized spacial score (nSPS) is 25.2. The van der Waals surface area contributed by atoms with Gasteiger partial charge >= 0.3 is 0 Å². The van der Waals surface area contributed by atoms with Gasteiger partial charge in [0.1, 0.15) is 0 Å². The number of nitro groups is 1. The summed E-state index contributed by atoms with van der Waals surface area (Å²) in [6.45, 7) is 6.92. The molecule has 2 atom stereocenters. The number of nitro benzene ring substituents is 1. The highest BCUT2D eigenvalue weighted by Gasteiger charge is 2.32. The predicted molar refractivity (Wildman–Crippen MR) is 85.0 cm³/mol. The molecule has 1 fully saturated rings. The Morgan fingerprint density at radius 2 is 2.15 bits per heavy atom. The molecule has 1 aromatic carbocycles. The SMILES string of the molecule is CC1CC(C)(C)CCC1Nc1ccc([N+](=O)[O-])cc1Br. The maximum atomic E-state index is 10.7. The third kappa shape index (κ3) is 3.51. The second kappa shape index (κ2) is 5.72. The molecule has 1 aliphatic carbocycles. The highest BCUT2D eigenvalue weighted by atomic mass is 79.9. The molecule has 0 radical (unpaired) electrons. The van der Waals surface area contributed by atoms with Crippen molar-refractivity contribution in [2.45, 2.75) is 46.1 Å². The van der Waals surface area contributed by atoms with Crippen LogP contribution in [0.1, 0.15) is 40.0 Å². The van der Waals surface area contributed by atoms with Gasteiger partial charge in [-0.2, -0.15) is 0 Å². The molecule has 0 amide bonds. The summed E-state index contributed by atoms with van der Waals surface area (Å²) in [6.07, 6.45) is 3.55. The van der Waals surface area contributed by atoms with E-state index in [4.69, 9.17) is 0 Å². The monoisotopic (exact) mass is 340 g/mol. The molecular formula is C15H21BrN2O2. The fourth-order valence-electron chi connectivity index (χ4n) is 3.10. The summed E-state index contributed by atoms with van der Waals surface area (Å²) in [5.41, 5.74) is 1.47.